The standard InChI is InChI=1S/C22H25N7O2/c1-26-10-4-9-16(26)19-12-24-25-29(19)21-20-22(30)27(13-15-6-5-11-31-15)17-7-2-3-8-18(17)28(20)14-23-21/h2-3,7-8,12,14-16H,4-6,9-11,13H2,1H3. The number of benzene rings is 1. The summed E-state index contributed by atoms with van der Waals surface area (Å²) < 4.78 is 11.3. The van der Waals surface area contributed by atoms with Crippen LogP contribution in [-0.4, -0.2) is 60.1 Å². The second-order valence-corrected chi connectivity index (χ2v) is 8.54. The van der Waals surface area contributed by atoms with Gasteiger partial charge in [-0.05, 0) is 51.4 Å². The Labute approximate surface area is 178 Å². The first-order valence-corrected chi connectivity index (χ1v) is 10.9. The Morgan fingerprint density at radius 2 is 2.03 bits per heavy atom. The van der Waals surface area contributed by atoms with Crippen LogP contribution in [0.1, 0.15) is 37.4 Å². The van der Waals surface area contributed by atoms with Crippen LogP contribution >= 0.6 is 0 Å². The molecule has 0 aliphatic carbocycles. The first-order chi connectivity index (χ1) is 15.2. The molecule has 9 nitrogen and oxygen atoms in total. The van der Waals surface area contributed by atoms with Crippen molar-refractivity contribution in [2.24, 2.45) is 0 Å². The van der Waals surface area contributed by atoms with Crippen molar-refractivity contribution in [1.29, 1.82) is 0 Å². The zero-order valence-electron chi connectivity index (χ0n) is 17.5. The summed E-state index contributed by atoms with van der Waals surface area (Å²) in [6.07, 6.45) is 7.76. The van der Waals surface area contributed by atoms with Crippen molar-refractivity contribution in [3.05, 3.63) is 52.8 Å². The van der Waals surface area contributed by atoms with E-state index in [0.29, 0.717) is 17.9 Å². The van der Waals surface area contributed by atoms with Gasteiger partial charge in [-0.3, -0.25) is 14.1 Å². The lowest BCUT2D eigenvalue weighted by atomic mass is 10.1. The summed E-state index contributed by atoms with van der Waals surface area (Å²) in [6, 6.07) is 8.17. The van der Waals surface area contributed by atoms with E-state index in [4.69, 9.17) is 4.74 Å². The molecule has 0 bridgehead atoms. The van der Waals surface area contributed by atoms with Gasteiger partial charge >= 0.3 is 0 Å². The molecule has 2 aliphatic heterocycles. The van der Waals surface area contributed by atoms with Crippen LogP contribution in [0.15, 0.2) is 41.6 Å². The number of hydrogen-bond donors (Lipinski definition) is 0. The summed E-state index contributed by atoms with van der Waals surface area (Å²) in [5, 5.41) is 8.50. The molecule has 9 heteroatoms. The van der Waals surface area contributed by atoms with Gasteiger partial charge < -0.3 is 9.30 Å². The molecule has 0 radical (unpaired) electrons. The van der Waals surface area contributed by atoms with Crippen LogP contribution in [0.25, 0.3) is 22.4 Å². The molecular weight excluding hydrogens is 394 g/mol. The zero-order valence-corrected chi connectivity index (χ0v) is 17.5. The Kier molecular flexibility index (Phi) is 4.39. The van der Waals surface area contributed by atoms with Crippen molar-refractivity contribution in [2.45, 2.75) is 44.4 Å². The van der Waals surface area contributed by atoms with Crippen molar-refractivity contribution in [1.82, 2.24) is 33.8 Å². The molecule has 2 unspecified atom stereocenters. The van der Waals surface area contributed by atoms with Crippen LogP contribution in [0.2, 0.25) is 0 Å². The van der Waals surface area contributed by atoms with E-state index >= 15 is 0 Å². The number of nitrogens with zero attached hydrogens (tertiary/aromatic N) is 7. The maximum absolute atomic E-state index is 13.8. The van der Waals surface area contributed by atoms with Gasteiger partial charge in [-0.15, -0.1) is 5.10 Å². The number of ether oxygens (including phenoxy) is 1. The van der Waals surface area contributed by atoms with Crippen LogP contribution in [0.3, 0.4) is 0 Å². The van der Waals surface area contributed by atoms with Gasteiger partial charge in [0.2, 0.25) is 0 Å². The van der Waals surface area contributed by atoms with Gasteiger partial charge in [0.15, 0.2) is 11.3 Å². The van der Waals surface area contributed by atoms with Crippen molar-refractivity contribution in [3.63, 3.8) is 0 Å². The maximum atomic E-state index is 13.8. The van der Waals surface area contributed by atoms with Crippen LogP contribution in [0.5, 0.6) is 0 Å². The molecule has 2 aliphatic rings. The molecule has 6 rings (SSSR count). The molecule has 5 heterocycles. The number of para-hydroxylation sites is 2. The Hall–Kier alpha value is -3.04. The van der Waals surface area contributed by atoms with Gasteiger partial charge in [-0.1, -0.05) is 17.3 Å². The fraction of sp³-hybridized carbons (Fsp3) is 0.455. The molecule has 31 heavy (non-hydrogen) atoms. The molecule has 4 aromatic rings. The maximum Gasteiger partial charge on any atom is 0.279 e. The molecule has 1 aromatic carbocycles. The summed E-state index contributed by atoms with van der Waals surface area (Å²) in [7, 11) is 2.11. The number of imidazole rings is 1. The minimum Gasteiger partial charge on any atom is -0.376 e. The highest BCUT2D eigenvalue weighted by Gasteiger charge is 2.29. The van der Waals surface area contributed by atoms with Crippen molar-refractivity contribution < 1.29 is 4.74 Å². The van der Waals surface area contributed by atoms with Gasteiger partial charge in [0.25, 0.3) is 5.56 Å². The average Bonchev–Trinajstić information content (AvgIpc) is 3.57. The SMILES string of the molecule is CN1CCCC1c1cnnn1-c1ncn2c1c(=O)n(CC1CCCO1)c1ccccc12. The van der Waals surface area contributed by atoms with Crippen LogP contribution in [0, 0.1) is 0 Å². The molecule has 3 aromatic heterocycles. The van der Waals surface area contributed by atoms with Gasteiger partial charge in [0, 0.05) is 6.61 Å². The average molecular weight is 419 g/mol. The van der Waals surface area contributed by atoms with E-state index in [0.717, 1.165) is 55.6 Å². The Morgan fingerprint density at radius 1 is 1.16 bits per heavy atom. The van der Waals surface area contributed by atoms with E-state index in [2.05, 4.69) is 27.2 Å². The van der Waals surface area contributed by atoms with Gasteiger partial charge in [0.05, 0.1) is 41.6 Å². The fourth-order valence-corrected chi connectivity index (χ4v) is 5.10. The quantitative estimate of drug-likeness (QED) is 0.504. The van der Waals surface area contributed by atoms with E-state index in [1.54, 1.807) is 17.2 Å². The number of hydrogen-bond acceptors (Lipinski definition) is 6. The molecule has 2 fully saturated rings. The van der Waals surface area contributed by atoms with Gasteiger partial charge in [0.1, 0.15) is 6.33 Å². The second-order valence-electron chi connectivity index (χ2n) is 8.54. The first-order valence-electron chi connectivity index (χ1n) is 10.9. The third-order valence-electron chi connectivity index (χ3n) is 6.68. The predicted octanol–water partition coefficient (Wildman–Crippen LogP) is 2.18. The molecule has 2 saturated heterocycles. The molecular formula is C22H25N7O2. The van der Waals surface area contributed by atoms with E-state index in [-0.39, 0.29) is 17.7 Å². The minimum atomic E-state index is -0.0806. The summed E-state index contributed by atoms with van der Waals surface area (Å²) >= 11 is 0. The van der Waals surface area contributed by atoms with E-state index in [9.17, 15) is 4.79 Å². The number of rotatable bonds is 4. The lowest BCUT2D eigenvalue weighted by Crippen LogP contribution is -2.29. The summed E-state index contributed by atoms with van der Waals surface area (Å²) in [6.45, 7) is 2.34. The zero-order chi connectivity index (χ0) is 20.9. The van der Waals surface area contributed by atoms with Crippen molar-refractivity contribution >= 4 is 16.6 Å². The highest BCUT2D eigenvalue weighted by Crippen LogP contribution is 2.31. The number of aromatic nitrogens is 6. The molecule has 2 atom stereocenters. The normalized spacial score (nSPS) is 22.2. The Balaban J connectivity index is 1.57. The third-order valence-corrected chi connectivity index (χ3v) is 6.68. The second kappa shape index (κ2) is 7.28. The summed E-state index contributed by atoms with van der Waals surface area (Å²) in [5.74, 6) is 0.532. The van der Waals surface area contributed by atoms with Crippen LogP contribution < -0.4 is 5.56 Å². The van der Waals surface area contributed by atoms with E-state index in [1.165, 1.54) is 0 Å². The lowest BCUT2D eigenvalue weighted by molar-refractivity contribution is 0.0973. The summed E-state index contributed by atoms with van der Waals surface area (Å²) in [5.41, 5.74) is 3.23. The lowest BCUT2D eigenvalue weighted by Gasteiger charge is -2.19. The fourth-order valence-electron chi connectivity index (χ4n) is 5.10. The largest absolute Gasteiger partial charge is 0.376 e. The van der Waals surface area contributed by atoms with Crippen LogP contribution in [0.4, 0.5) is 0 Å². The van der Waals surface area contributed by atoms with E-state index < -0.39 is 0 Å². The highest BCUT2D eigenvalue weighted by atomic mass is 16.5. The van der Waals surface area contributed by atoms with Crippen molar-refractivity contribution in [2.75, 3.05) is 20.2 Å². The molecule has 0 spiro atoms. The molecule has 0 saturated carbocycles. The summed E-state index contributed by atoms with van der Waals surface area (Å²) in [4.78, 5) is 20.7. The Morgan fingerprint density at radius 3 is 2.81 bits per heavy atom. The third kappa shape index (κ3) is 2.91. The van der Waals surface area contributed by atoms with Gasteiger partial charge in [-0.25, -0.2) is 4.98 Å². The monoisotopic (exact) mass is 419 g/mol. The molecule has 0 N–H and O–H groups in total. The molecule has 0 amide bonds. The molecule has 160 valence electrons. The smallest absolute Gasteiger partial charge is 0.279 e. The number of fused-ring (bicyclic) bond motifs is 3. The topological polar surface area (TPSA) is 82.5 Å². The number of likely N-dealkylation sites (tertiary alicyclic amines) is 1. The predicted molar refractivity (Wildman–Crippen MR) is 115 cm³/mol. The Bertz CT molecular complexity index is 1310. The first kappa shape index (κ1) is 18.7. The van der Waals surface area contributed by atoms with Crippen LogP contribution in [-0.2, 0) is 11.3 Å². The van der Waals surface area contributed by atoms with Crippen molar-refractivity contribution in [3.8, 4) is 5.82 Å². The highest BCUT2D eigenvalue weighted by molar-refractivity contribution is 5.80. The van der Waals surface area contributed by atoms with Gasteiger partial charge in [-0.2, -0.15) is 4.68 Å². The minimum absolute atomic E-state index is 0.0593. The van der Waals surface area contributed by atoms with E-state index in [1.807, 2.05) is 33.2 Å².